The molecule has 0 amide bonds. The summed E-state index contributed by atoms with van der Waals surface area (Å²) in [6.07, 6.45) is 3.73. The van der Waals surface area contributed by atoms with Gasteiger partial charge in [-0.2, -0.15) is 0 Å². The summed E-state index contributed by atoms with van der Waals surface area (Å²) in [5, 5.41) is 0. The zero-order chi connectivity index (χ0) is 36.1. The van der Waals surface area contributed by atoms with E-state index in [-0.39, 0.29) is 11.6 Å². The summed E-state index contributed by atoms with van der Waals surface area (Å²) in [5.41, 5.74) is 11.5. The number of aryl methyl sites for hydroxylation is 1. The number of hydrogen-bond acceptors (Lipinski definition) is 5. The second-order valence-corrected chi connectivity index (χ2v) is 15.0. The molecule has 0 saturated heterocycles. The van der Waals surface area contributed by atoms with Gasteiger partial charge in [-0.15, -0.1) is 0 Å². The lowest BCUT2D eigenvalue weighted by molar-refractivity contribution is 0.354. The van der Waals surface area contributed by atoms with Crippen LogP contribution in [0.3, 0.4) is 0 Å². The van der Waals surface area contributed by atoms with Crippen molar-refractivity contribution in [3.8, 4) is 39.7 Å². The molecular weight excluding hydrogens is 742 g/mol. The molecule has 5 aromatic carbocycles. The fourth-order valence-electron chi connectivity index (χ4n) is 7.70. The van der Waals surface area contributed by atoms with E-state index in [1.165, 1.54) is 16.9 Å². The quantitative estimate of drug-likeness (QED) is 0.162. The highest BCUT2D eigenvalue weighted by atomic mass is 79.9. The van der Waals surface area contributed by atoms with Gasteiger partial charge in [-0.25, -0.2) is 4.99 Å². The van der Waals surface area contributed by atoms with Crippen LogP contribution in [-0.2, 0) is 6.42 Å². The summed E-state index contributed by atoms with van der Waals surface area (Å²) in [4.78, 5) is 20.8. The largest absolute Gasteiger partial charge is 0.493 e. The predicted octanol–water partition coefficient (Wildman–Crippen LogP) is 9.22. The molecule has 0 radical (unpaired) electrons. The van der Waals surface area contributed by atoms with E-state index >= 15 is 0 Å². The number of thiazole rings is 1. The minimum absolute atomic E-state index is 0.0735. The molecule has 7 aromatic rings. The Kier molecular flexibility index (Phi) is 8.57. The molecule has 53 heavy (non-hydrogen) atoms. The van der Waals surface area contributed by atoms with Crippen LogP contribution in [0.2, 0.25) is 0 Å². The number of benzene rings is 5. The Bertz CT molecular complexity index is 2730. The first-order chi connectivity index (χ1) is 26.0. The first kappa shape index (κ1) is 33.2. The van der Waals surface area contributed by atoms with Gasteiger partial charge in [0.1, 0.15) is 0 Å². The first-order valence-corrected chi connectivity index (χ1v) is 19.1. The van der Waals surface area contributed by atoms with Gasteiger partial charge in [0, 0.05) is 21.3 Å². The Labute approximate surface area is 319 Å². The van der Waals surface area contributed by atoms with Gasteiger partial charge < -0.3 is 14.0 Å². The van der Waals surface area contributed by atoms with Gasteiger partial charge in [-0.1, -0.05) is 118 Å². The van der Waals surface area contributed by atoms with Crippen molar-refractivity contribution < 1.29 is 9.47 Å². The maximum atomic E-state index is 14.9. The Morgan fingerprint density at radius 1 is 0.774 bits per heavy atom. The molecule has 0 N–H and O–H groups in total. The van der Waals surface area contributed by atoms with E-state index in [0.29, 0.717) is 20.8 Å². The summed E-state index contributed by atoms with van der Waals surface area (Å²) < 4.78 is 17.1. The summed E-state index contributed by atoms with van der Waals surface area (Å²) in [6, 6.07) is 45.4. The zero-order valence-electron chi connectivity index (χ0n) is 29.1. The number of aromatic nitrogens is 2. The molecule has 8 heteroatoms. The van der Waals surface area contributed by atoms with Gasteiger partial charge in [0.2, 0.25) is 0 Å². The summed E-state index contributed by atoms with van der Waals surface area (Å²) in [7, 11) is 3.28. The van der Waals surface area contributed by atoms with Crippen LogP contribution in [0.4, 0.5) is 0 Å². The molecule has 9 rings (SSSR count). The number of nitrogens with zero attached hydrogens (tertiary/aromatic N) is 3. The van der Waals surface area contributed by atoms with Crippen molar-refractivity contribution in [1.82, 2.24) is 9.13 Å². The molecule has 0 saturated carbocycles. The Morgan fingerprint density at radius 3 is 2.21 bits per heavy atom. The van der Waals surface area contributed by atoms with Crippen LogP contribution in [0.25, 0.3) is 40.0 Å². The van der Waals surface area contributed by atoms with Crippen LogP contribution >= 0.6 is 27.3 Å². The lowest BCUT2D eigenvalue weighted by Gasteiger charge is -2.31. The van der Waals surface area contributed by atoms with Crippen LogP contribution < -0.4 is 24.4 Å². The fourth-order valence-corrected chi connectivity index (χ4v) is 8.95. The minimum atomic E-state index is -0.350. The fraction of sp³-hybridized carbons (Fsp3) is 0.111. The molecule has 260 valence electrons. The topological polar surface area (TPSA) is 57.8 Å². The third kappa shape index (κ3) is 5.79. The number of hydrogen-bond donors (Lipinski definition) is 0. The highest BCUT2D eigenvalue weighted by Crippen LogP contribution is 2.43. The van der Waals surface area contributed by atoms with Gasteiger partial charge in [0.25, 0.3) is 5.56 Å². The molecule has 1 aliphatic heterocycles. The molecule has 1 atom stereocenters. The van der Waals surface area contributed by atoms with Crippen LogP contribution in [0.5, 0.6) is 11.5 Å². The van der Waals surface area contributed by atoms with E-state index in [1.807, 2.05) is 34.9 Å². The van der Waals surface area contributed by atoms with Crippen molar-refractivity contribution >= 4 is 39.0 Å². The number of fused-ring (bicyclic) bond motifs is 3. The van der Waals surface area contributed by atoms with Crippen LogP contribution in [0.1, 0.15) is 34.7 Å². The Morgan fingerprint density at radius 2 is 1.47 bits per heavy atom. The first-order valence-electron chi connectivity index (χ1n) is 17.5. The smallest absolute Gasteiger partial charge is 0.271 e. The highest BCUT2D eigenvalue weighted by molar-refractivity contribution is 9.10. The number of halogens is 1. The molecule has 6 nitrogen and oxygen atoms in total. The summed E-state index contributed by atoms with van der Waals surface area (Å²) in [6.45, 7) is 0. The summed E-state index contributed by atoms with van der Waals surface area (Å²) in [5.74, 6) is 1.27. The van der Waals surface area contributed by atoms with Gasteiger partial charge in [0.05, 0.1) is 41.9 Å². The van der Waals surface area contributed by atoms with E-state index in [2.05, 4.69) is 130 Å². The van der Waals surface area contributed by atoms with Crippen molar-refractivity contribution in [1.29, 1.82) is 0 Å². The lowest BCUT2D eigenvalue weighted by atomic mass is 9.83. The number of methoxy groups -OCH3 is 2. The Balaban J connectivity index is 1.32. The van der Waals surface area contributed by atoms with E-state index in [4.69, 9.17) is 14.5 Å². The SMILES string of the molecule is COc1ccc([C@H]2C3=C(N=c4s/c(=C/c5cc(-c6ccccc6)n(-c6ccc(Br)cc6)c5-c5ccccc5)c(=O)n42)c2ccccc2CC3)cc1OC. The maximum Gasteiger partial charge on any atom is 0.271 e. The van der Waals surface area contributed by atoms with Gasteiger partial charge in [-0.05, 0) is 89.2 Å². The average molecular weight is 777 g/mol. The van der Waals surface area contributed by atoms with Crippen molar-refractivity contribution in [2.24, 2.45) is 4.99 Å². The molecule has 1 aliphatic carbocycles. The van der Waals surface area contributed by atoms with Crippen LogP contribution in [0, 0.1) is 0 Å². The molecular formula is C45H34BrN3O3S. The van der Waals surface area contributed by atoms with Crippen molar-refractivity contribution in [2.45, 2.75) is 18.9 Å². The zero-order valence-corrected chi connectivity index (χ0v) is 31.5. The van der Waals surface area contributed by atoms with Gasteiger partial charge >= 0.3 is 0 Å². The van der Waals surface area contributed by atoms with Crippen LogP contribution in [-0.4, -0.2) is 23.4 Å². The van der Waals surface area contributed by atoms with Crippen molar-refractivity contribution in [2.75, 3.05) is 14.2 Å². The third-order valence-electron chi connectivity index (χ3n) is 10.1. The number of allylic oxidation sites excluding steroid dienone is 1. The number of ether oxygens (including phenoxy) is 2. The highest BCUT2D eigenvalue weighted by Gasteiger charge is 2.33. The predicted molar refractivity (Wildman–Crippen MR) is 217 cm³/mol. The minimum Gasteiger partial charge on any atom is -0.493 e. The van der Waals surface area contributed by atoms with E-state index < -0.39 is 0 Å². The van der Waals surface area contributed by atoms with Crippen molar-refractivity contribution in [3.63, 3.8) is 0 Å². The van der Waals surface area contributed by atoms with E-state index in [9.17, 15) is 4.79 Å². The molecule has 2 aliphatic rings. The van der Waals surface area contributed by atoms with Crippen molar-refractivity contribution in [3.05, 3.63) is 185 Å². The van der Waals surface area contributed by atoms with E-state index in [1.54, 1.807) is 14.2 Å². The molecule has 0 bridgehead atoms. The second-order valence-electron chi connectivity index (χ2n) is 13.1. The molecule has 0 fully saturated rings. The Hall–Kier alpha value is -5.70. The average Bonchev–Trinajstić information content (AvgIpc) is 3.74. The third-order valence-corrected chi connectivity index (χ3v) is 11.6. The standard InChI is InChI=1S/C45H34BrN3O3S/c1-51-38-24-18-31(26-39(38)52-2)43-36-23-17-28-11-9-10-16-35(28)41(36)47-45-49(43)44(50)40(53-45)27-32-25-37(29-12-5-3-6-13-29)48(34-21-19-33(46)20-22-34)42(32)30-14-7-4-8-15-30/h3-16,18-22,24-27,43H,17,23H2,1-2H3/b40-27+/t43-/m0/s1. The van der Waals surface area contributed by atoms with Gasteiger partial charge in [0.15, 0.2) is 16.3 Å². The second kappa shape index (κ2) is 13.7. The molecule has 0 unspecified atom stereocenters. The number of rotatable bonds is 7. The monoisotopic (exact) mass is 775 g/mol. The molecule has 2 aromatic heterocycles. The maximum absolute atomic E-state index is 14.9. The van der Waals surface area contributed by atoms with Gasteiger partial charge in [-0.3, -0.25) is 9.36 Å². The molecule has 3 heterocycles. The summed E-state index contributed by atoms with van der Waals surface area (Å²) >= 11 is 5.06. The van der Waals surface area contributed by atoms with Crippen LogP contribution in [0.15, 0.2) is 153 Å². The van der Waals surface area contributed by atoms with E-state index in [0.717, 1.165) is 73.5 Å². The normalized spacial score (nSPS) is 15.0. The molecule has 0 spiro atoms. The lowest BCUT2D eigenvalue weighted by Crippen LogP contribution is -2.38.